The summed E-state index contributed by atoms with van der Waals surface area (Å²) in [4.78, 5) is 27.4. The van der Waals surface area contributed by atoms with Crippen LogP contribution in [0.1, 0.15) is 24.5 Å². The van der Waals surface area contributed by atoms with Crippen LogP contribution in [0.4, 0.5) is 0 Å². The highest BCUT2D eigenvalue weighted by Gasteiger charge is 2.35. The van der Waals surface area contributed by atoms with Crippen LogP contribution in [-0.2, 0) is 14.3 Å². The van der Waals surface area contributed by atoms with E-state index in [0.717, 1.165) is 12.8 Å². The number of rotatable bonds is 4. The van der Waals surface area contributed by atoms with E-state index in [9.17, 15) is 9.59 Å². The molecule has 2 aliphatic heterocycles. The van der Waals surface area contributed by atoms with Crippen molar-refractivity contribution in [3.8, 4) is 11.5 Å². The fourth-order valence-corrected chi connectivity index (χ4v) is 3.32. The Bertz CT molecular complexity index is 816. The van der Waals surface area contributed by atoms with Crippen molar-refractivity contribution in [3.63, 3.8) is 0 Å². The van der Waals surface area contributed by atoms with Crippen LogP contribution in [0.2, 0.25) is 0 Å². The molecule has 0 bridgehead atoms. The molecule has 0 unspecified atom stereocenters. The Kier molecular flexibility index (Phi) is 4.96. The average molecular weight is 367 g/mol. The van der Waals surface area contributed by atoms with Gasteiger partial charge in [-0.25, -0.2) is 4.79 Å². The second kappa shape index (κ2) is 7.70. The maximum absolute atomic E-state index is 12.9. The minimum absolute atomic E-state index is 0.0509. The molecule has 6 heteroatoms. The lowest BCUT2D eigenvalue weighted by molar-refractivity contribution is -0.168. The number of benzene rings is 2. The number of hydrogen-bond acceptors (Lipinski definition) is 5. The smallest absolute Gasteiger partial charge is 0.352 e. The van der Waals surface area contributed by atoms with Crippen molar-refractivity contribution >= 4 is 11.9 Å². The normalized spacial score (nSPS) is 19.4. The molecule has 0 aliphatic carbocycles. The van der Waals surface area contributed by atoms with Gasteiger partial charge in [0.1, 0.15) is 6.61 Å². The second-order valence-electron chi connectivity index (χ2n) is 6.62. The number of amides is 1. The van der Waals surface area contributed by atoms with Crippen molar-refractivity contribution in [1.82, 2.24) is 4.90 Å². The lowest BCUT2D eigenvalue weighted by Crippen LogP contribution is -2.41. The van der Waals surface area contributed by atoms with Crippen LogP contribution in [0, 0.1) is 0 Å². The molecule has 0 spiro atoms. The molecule has 2 heterocycles. The van der Waals surface area contributed by atoms with E-state index in [2.05, 4.69) is 0 Å². The molecule has 2 aromatic rings. The van der Waals surface area contributed by atoms with Gasteiger partial charge in [0.2, 0.25) is 12.2 Å². The summed E-state index contributed by atoms with van der Waals surface area (Å²) >= 11 is 0. The first-order valence-corrected chi connectivity index (χ1v) is 9.15. The Labute approximate surface area is 157 Å². The summed E-state index contributed by atoms with van der Waals surface area (Å²) in [5, 5.41) is 0. The van der Waals surface area contributed by atoms with E-state index in [0.29, 0.717) is 30.2 Å². The molecule has 1 fully saturated rings. The third-order valence-electron chi connectivity index (χ3n) is 4.75. The van der Waals surface area contributed by atoms with E-state index in [1.54, 1.807) is 35.2 Å². The van der Waals surface area contributed by atoms with E-state index >= 15 is 0 Å². The van der Waals surface area contributed by atoms with Crippen LogP contribution in [0.15, 0.2) is 54.6 Å². The van der Waals surface area contributed by atoms with Crippen molar-refractivity contribution in [2.75, 3.05) is 19.7 Å². The first-order chi connectivity index (χ1) is 13.2. The average Bonchev–Trinajstić information content (AvgIpc) is 3.26. The minimum Gasteiger partial charge on any atom is -0.485 e. The molecule has 0 aromatic heterocycles. The molecule has 0 radical (unpaired) electrons. The zero-order chi connectivity index (χ0) is 18.6. The lowest BCUT2D eigenvalue weighted by Gasteiger charge is -2.28. The fourth-order valence-electron chi connectivity index (χ4n) is 3.32. The van der Waals surface area contributed by atoms with E-state index in [4.69, 9.17) is 14.2 Å². The summed E-state index contributed by atoms with van der Waals surface area (Å²) in [5.74, 6) is 0.289. The summed E-state index contributed by atoms with van der Waals surface area (Å²) in [7, 11) is 0. The van der Waals surface area contributed by atoms with Gasteiger partial charge >= 0.3 is 5.97 Å². The van der Waals surface area contributed by atoms with E-state index in [1.165, 1.54) is 0 Å². The molecule has 0 saturated carbocycles. The molecule has 6 nitrogen and oxygen atoms in total. The highest BCUT2D eigenvalue weighted by Crippen LogP contribution is 2.32. The van der Waals surface area contributed by atoms with Crippen LogP contribution in [-0.4, -0.2) is 42.6 Å². The Balaban J connectivity index is 1.51. The van der Waals surface area contributed by atoms with Crippen LogP contribution in [0.3, 0.4) is 0 Å². The Morgan fingerprint density at radius 2 is 1.63 bits per heavy atom. The van der Waals surface area contributed by atoms with Gasteiger partial charge in [-0.3, -0.25) is 4.79 Å². The number of esters is 1. The Morgan fingerprint density at radius 3 is 2.37 bits per heavy atom. The summed E-state index contributed by atoms with van der Waals surface area (Å²) in [6.07, 6.45) is 0.0600. The van der Waals surface area contributed by atoms with Gasteiger partial charge in [-0.1, -0.05) is 42.5 Å². The number of hydrogen-bond donors (Lipinski definition) is 0. The monoisotopic (exact) mass is 367 g/mol. The van der Waals surface area contributed by atoms with E-state index in [-0.39, 0.29) is 12.5 Å². The second-order valence-corrected chi connectivity index (χ2v) is 6.62. The van der Waals surface area contributed by atoms with Gasteiger partial charge in [-0.15, -0.1) is 0 Å². The third-order valence-corrected chi connectivity index (χ3v) is 4.75. The highest BCUT2D eigenvalue weighted by atomic mass is 16.6. The van der Waals surface area contributed by atoms with Gasteiger partial charge in [-0.2, -0.15) is 0 Å². The molecule has 2 aliphatic rings. The van der Waals surface area contributed by atoms with E-state index in [1.807, 2.05) is 24.3 Å². The predicted octanol–water partition coefficient (Wildman–Crippen LogP) is 2.73. The summed E-state index contributed by atoms with van der Waals surface area (Å²) < 4.78 is 16.9. The van der Waals surface area contributed by atoms with Crippen molar-refractivity contribution < 1.29 is 23.8 Å². The first kappa shape index (κ1) is 17.4. The quantitative estimate of drug-likeness (QED) is 0.778. The molecule has 1 saturated heterocycles. The van der Waals surface area contributed by atoms with Gasteiger partial charge in [0.25, 0.3) is 5.91 Å². The topological polar surface area (TPSA) is 65.1 Å². The van der Waals surface area contributed by atoms with Gasteiger partial charge in [0.15, 0.2) is 11.5 Å². The molecule has 1 amide bonds. The zero-order valence-corrected chi connectivity index (χ0v) is 14.9. The summed E-state index contributed by atoms with van der Waals surface area (Å²) in [6, 6.07) is 16.2. The van der Waals surface area contributed by atoms with E-state index < -0.39 is 18.2 Å². The van der Waals surface area contributed by atoms with Crippen LogP contribution < -0.4 is 9.47 Å². The number of ether oxygens (including phenoxy) is 3. The van der Waals surface area contributed by atoms with Crippen molar-refractivity contribution in [1.29, 1.82) is 0 Å². The number of carbonyl (C=O) groups is 2. The number of likely N-dealkylation sites (tertiary alicyclic amines) is 1. The largest absolute Gasteiger partial charge is 0.485 e. The van der Waals surface area contributed by atoms with Crippen LogP contribution in [0.5, 0.6) is 11.5 Å². The maximum atomic E-state index is 12.9. The highest BCUT2D eigenvalue weighted by molar-refractivity contribution is 5.86. The van der Waals surface area contributed by atoms with Gasteiger partial charge in [-0.05, 0) is 25.0 Å². The first-order valence-electron chi connectivity index (χ1n) is 9.15. The fraction of sp³-hybridized carbons (Fsp3) is 0.333. The number of fused-ring (bicyclic) bond motifs is 1. The summed E-state index contributed by atoms with van der Waals surface area (Å²) in [6.45, 7) is 1.43. The number of para-hydroxylation sites is 2. The molecule has 140 valence electrons. The van der Waals surface area contributed by atoms with Crippen LogP contribution >= 0.6 is 0 Å². The Morgan fingerprint density at radius 1 is 0.963 bits per heavy atom. The SMILES string of the molecule is O=C(O[C@@H](C(=O)N1CCCC1)c1ccccc1)[C@@H]1COc2ccccc2O1. The number of nitrogens with zero attached hydrogens (tertiary/aromatic N) is 1. The molecule has 0 N–H and O–H groups in total. The molecule has 27 heavy (non-hydrogen) atoms. The maximum Gasteiger partial charge on any atom is 0.352 e. The van der Waals surface area contributed by atoms with Gasteiger partial charge in [0.05, 0.1) is 0 Å². The van der Waals surface area contributed by atoms with Crippen molar-refractivity contribution in [2.24, 2.45) is 0 Å². The minimum atomic E-state index is -0.974. The predicted molar refractivity (Wildman–Crippen MR) is 97.4 cm³/mol. The third kappa shape index (κ3) is 3.74. The number of carbonyl (C=O) groups excluding carboxylic acids is 2. The Hall–Kier alpha value is -3.02. The molecule has 4 rings (SSSR count). The lowest BCUT2D eigenvalue weighted by atomic mass is 10.1. The molecule has 2 atom stereocenters. The zero-order valence-electron chi connectivity index (χ0n) is 14.9. The van der Waals surface area contributed by atoms with Gasteiger partial charge in [0, 0.05) is 18.7 Å². The van der Waals surface area contributed by atoms with Gasteiger partial charge < -0.3 is 19.1 Å². The molecular formula is C21H21NO5. The van der Waals surface area contributed by atoms with Crippen molar-refractivity contribution in [2.45, 2.75) is 25.0 Å². The van der Waals surface area contributed by atoms with Crippen molar-refractivity contribution in [3.05, 3.63) is 60.2 Å². The summed E-state index contributed by atoms with van der Waals surface area (Å²) in [5.41, 5.74) is 0.653. The van der Waals surface area contributed by atoms with Crippen LogP contribution in [0.25, 0.3) is 0 Å². The standard InChI is InChI=1S/C21H21NO5/c23-20(22-12-6-7-13-22)19(15-8-2-1-3-9-15)27-21(24)18-14-25-16-10-4-5-11-17(16)26-18/h1-5,8-11,18-19H,6-7,12-14H2/t18-,19+/m0/s1. The molecular weight excluding hydrogens is 346 g/mol. The molecule has 2 aromatic carbocycles.